The molecule has 0 spiro atoms. The summed E-state index contributed by atoms with van der Waals surface area (Å²) in [6.07, 6.45) is 0. The van der Waals surface area contributed by atoms with Gasteiger partial charge in [0.2, 0.25) is 0 Å². The van der Waals surface area contributed by atoms with E-state index in [1.165, 1.54) is 11.3 Å². The smallest absolute Gasteiger partial charge is 0.265 e. The third-order valence-corrected chi connectivity index (χ3v) is 7.25. The van der Waals surface area contributed by atoms with Gasteiger partial charge in [-0.25, -0.2) is 13.4 Å². The number of ether oxygens (including phenoxy) is 1. The van der Waals surface area contributed by atoms with Crippen LogP contribution in [0.1, 0.15) is 18.1 Å². The SMILES string of the molecule is CCN1C(=O)COc2ccc(-c3csc(NS(=O)(=O)c4ccc(C)c(C)c4)n3)cc21. The van der Waals surface area contributed by atoms with Crippen LogP contribution >= 0.6 is 11.3 Å². The van der Waals surface area contributed by atoms with Gasteiger partial charge in [0.15, 0.2) is 11.7 Å². The summed E-state index contributed by atoms with van der Waals surface area (Å²) in [5.41, 5.74) is 4.02. The standard InChI is InChI=1S/C21H21N3O4S2/c1-4-24-18-10-15(6-8-19(18)28-11-20(24)25)17-12-29-21(22-17)23-30(26,27)16-7-5-13(2)14(3)9-16/h5-10,12H,4,11H2,1-3H3,(H,22,23). The first-order chi connectivity index (χ1) is 14.3. The zero-order valence-corrected chi connectivity index (χ0v) is 18.4. The highest BCUT2D eigenvalue weighted by Crippen LogP contribution is 2.37. The zero-order valence-electron chi connectivity index (χ0n) is 16.8. The van der Waals surface area contributed by atoms with Crippen molar-refractivity contribution < 1.29 is 17.9 Å². The molecule has 1 aliphatic rings. The van der Waals surface area contributed by atoms with Crippen molar-refractivity contribution in [1.82, 2.24) is 4.98 Å². The summed E-state index contributed by atoms with van der Waals surface area (Å²) in [5.74, 6) is 0.549. The van der Waals surface area contributed by atoms with Gasteiger partial charge in [-0.2, -0.15) is 0 Å². The number of benzene rings is 2. The van der Waals surface area contributed by atoms with Crippen LogP contribution in [0.2, 0.25) is 0 Å². The van der Waals surface area contributed by atoms with Crippen molar-refractivity contribution in [3.05, 3.63) is 52.9 Å². The molecule has 156 valence electrons. The van der Waals surface area contributed by atoms with Gasteiger partial charge in [-0.1, -0.05) is 6.07 Å². The minimum absolute atomic E-state index is 0.0291. The van der Waals surface area contributed by atoms with Gasteiger partial charge in [-0.3, -0.25) is 9.52 Å². The molecule has 1 aromatic heterocycles. The molecule has 0 unspecified atom stereocenters. The second-order valence-electron chi connectivity index (χ2n) is 7.00. The summed E-state index contributed by atoms with van der Waals surface area (Å²) < 4.78 is 33.5. The topological polar surface area (TPSA) is 88.6 Å². The fourth-order valence-corrected chi connectivity index (χ4v) is 5.27. The molecule has 4 rings (SSSR count). The molecule has 2 heterocycles. The highest BCUT2D eigenvalue weighted by Gasteiger charge is 2.25. The number of rotatable bonds is 5. The van der Waals surface area contributed by atoms with Crippen LogP contribution in [-0.4, -0.2) is 32.5 Å². The largest absolute Gasteiger partial charge is 0.482 e. The number of aryl methyl sites for hydroxylation is 2. The molecule has 1 N–H and O–H groups in total. The maximum Gasteiger partial charge on any atom is 0.265 e. The Balaban J connectivity index is 1.61. The van der Waals surface area contributed by atoms with Crippen LogP contribution in [-0.2, 0) is 14.8 Å². The molecule has 2 aromatic carbocycles. The first-order valence-corrected chi connectivity index (χ1v) is 11.8. The summed E-state index contributed by atoms with van der Waals surface area (Å²) >= 11 is 1.20. The fourth-order valence-electron chi connectivity index (χ4n) is 3.22. The Bertz CT molecular complexity index is 1230. The average molecular weight is 444 g/mol. The van der Waals surface area contributed by atoms with E-state index in [1.54, 1.807) is 34.5 Å². The highest BCUT2D eigenvalue weighted by molar-refractivity contribution is 7.93. The first-order valence-electron chi connectivity index (χ1n) is 9.41. The van der Waals surface area contributed by atoms with Gasteiger partial charge >= 0.3 is 0 Å². The molecule has 0 bridgehead atoms. The third-order valence-electron chi connectivity index (χ3n) is 5.03. The van der Waals surface area contributed by atoms with Crippen molar-refractivity contribution in [3.8, 4) is 17.0 Å². The number of likely N-dealkylation sites (N-methyl/N-ethyl adjacent to an activating group) is 1. The summed E-state index contributed by atoms with van der Waals surface area (Å²) in [5, 5.41) is 2.06. The molecule has 3 aromatic rings. The Morgan fingerprint density at radius 1 is 1.17 bits per heavy atom. The van der Waals surface area contributed by atoms with Crippen molar-refractivity contribution in [2.45, 2.75) is 25.7 Å². The zero-order chi connectivity index (χ0) is 21.5. The van der Waals surface area contributed by atoms with Gasteiger partial charge in [-0.15, -0.1) is 11.3 Å². The van der Waals surface area contributed by atoms with Crippen LogP contribution in [0.5, 0.6) is 5.75 Å². The molecule has 0 aliphatic carbocycles. The fraction of sp³-hybridized carbons (Fsp3) is 0.238. The molecule has 0 atom stereocenters. The number of amides is 1. The van der Waals surface area contributed by atoms with Crippen molar-refractivity contribution in [1.29, 1.82) is 0 Å². The van der Waals surface area contributed by atoms with E-state index in [9.17, 15) is 13.2 Å². The van der Waals surface area contributed by atoms with E-state index >= 15 is 0 Å². The van der Waals surface area contributed by atoms with Crippen molar-refractivity contribution in [2.75, 3.05) is 22.8 Å². The summed E-state index contributed by atoms with van der Waals surface area (Å²) in [4.78, 5) is 18.4. The minimum Gasteiger partial charge on any atom is -0.482 e. The van der Waals surface area contributed by atoms with E-state index < -0.39 is 10.0 Å². The van der Waals surface area contributed by atoms with E-state index in [1.807, 2.05) is 32.9 Å². The average Bonchev–Trinajstić information content (AvgIpc) is 3.17. The number of hydrogen-bond acceptors (Lipinski definition) is 6. The van der Waals surface area contributed by atoms with E-state index in [0.29, 0.717) is 23.7 Å². The molecule has 0 radical (unpaired) electrons. The third kappa shape index (κ3) is 3.78. The lowest BCUT2D eigenvalue weighted by molar-refractivity contribution is -0.121. The lowest BCUT2D eigenvalue weighted by Crippen LogP contribution is -2.38. The quantitative estimate of drug-likeness (QED) is 0.645. The molecular weight excluding hydrogens is 422 g/mol. The van der Waals surface area contributed by atoms with Gasteiger partial charge in [0, 0.05) is 17.5 Å². The number of anilines is 2. The second-order valence-corrected chi connectivity index (χ2v) is 9.54. The van der Waals surface area contributed by atoms with E-state index in [0.717, 1.165) is 16.7 Å². The number of carbonyl (C=O) groups excluding carboxylic acids is 1. The van der Waals surface area contributed by atoms with Crippen molar-refractivity contribution >= 4 is 38.1 Å². The molecule has 30 heavy (non-hydrogen) atoms. The predicted octanol–water partition coefficient (Wildman–Crippen LogP) is 3.97. The second kappa shape index (κ2) is 7.73. The number of hydrogen-bond donors (Lipinski definition) is 1. The molecule has 1 aliphatic heterocycles. The molecule has 0 fully saturated rings. The molecule has 0 saturated carbocycles. The Hall–Kier alpha value is -2.91. The van der Waals surface area contributed by atoms with E-state index in [2.05, 4.69) is 9.71 Å². The van der Waals surface area contributed by atoms with Gasteiger partial charge in [0.1, 0.15) is 5.75 Å². The van der Waals surface area contributed by atoms with Crippen LogP contribution < -0.4 is 14.4 Å². The molecule has 9 heteroatoms. The van der Waals surface area contributed by atoms with Crippen LogP contribution in [0, 0.1) is 13.8 Å². The first kappa shape index (κ1) is 20.4. The Labute approximate surface area is 179 Å². The number of thiazole rings is 1. The van der Waals surface area contributed by atoms with Gasteiger partial charge in [0.05, 0.1) is 16.3 Å². The van der Waals surface area contributed by atoms with E-state index in [-0.39, 0.29) is 22.5 Å². The maximum absolute atomic E-state index is 12.7. The number of nitrogens with zero attached hydrogens (tertiary/aromatic N) is 2. The number of sulfonamides is 1. The summed E-state index contributed by atoms with van der Waals surface area (Å²) in [6.45, 7) is 6.28. The number of aromatic nitrogens is 1. The van der Waals surface area contributed by atoms with Crippen LogP contribution in [0.25, 0.3) is 11.3 Å². The van der Waals surface area contributed by atoms with E-state index in [4.69, 9.17) is 4.74 Å². The van der Waals surface area contributed by atoms with Gasteiger partial charge in [-0.05, 0) is 62.2 Å². The Morgan fingerprint density at radius 2 is 1.97 bits per heavy atom. The number of carbonyl (C=O) groups is 1. The molecule has 7 nitrogen and oxygen atoms in total. The van der Waals surface area contributed by atoms with Crippen molar-refractivity contribution in [2.24, 2.45) is 0 Å². The van der Waals surface area contributed by atoms with Crippen molar-refractivity contribution in [3.63, 3.8) is 0 Å². The highest BCUT2D eigenvalue weighted by atomic mass is 32.2. The molecular formula is C21H21N3O4S2. The van der Waals surface area contributed by atoms with Gasteiger partial charge in [0.25, 0.3) is 15.9 Å². The summed E-state index contributed by atoms with van der Waals surface area (Å²) in [6, 6.07) is 10.5. The Morgan fingerprint density at radius 3 is 2.70 bits per heavy atom. The summed E-state index contributed by atoms with van der Waals surface area (Å²) in [7, 11) is -3.73. The van der Waals surface area contributed by atoms with Crippen LogP contribution in [0.15, 0.2) is 46.7 Å². The Kier molecular flexibility index (Phi) is 5.25. The monoisotopic (exact) mass is 443 g/mol. The van der Waals surface area contributed by atoms with Crippen LogP contribution in [0.4, 0.5) is 10.8 Å². The lowest BCUT2D eigenvalue weighted by atomic mass is 10.1. The number of fused-ring (bicyclic) bond motifs is 1. The maximum atomic E-state index is 12.7. The normalized spacial score (nSPS) is 13.7. The lowest BCUT2D eigenvalue weighted by Gasteiger charge is -2.28. The molecule has 1 amide bonds. The minimum atomic E-state index is -3.73. The number of nitrogens with one attached hydrogen (secondary N) is 1. The van der Waals surface area contributed by atoms with Crippen LogP contribution in [0.3, 0.4) is 0 Å². The van der Waals surface area contributed by atoms with Gasteiger partial charge < -0.3 is 9.64 Å². The predicted molar refractivity (Wildman–Crippen MR) is 118 cm³/mol. The molecule has 0 saturated heterocycles.